The van der Waals surface area contributed by atoms with Crippen LogP contribution in [0.15, 0.2) is 69.1 Å². The molecule has 4 rings (SSSR count). The predicted molar refractivity (Wildman–Crippen MR) is 116 cm³/mol. The number of aromatic nitrogens is 4. The minimum absolute atomic E-state index is 0.0309. The molecule has 2 aromatic carbocycles. The van der Waals surface area contributed by atoms with Crippen LogP contribution >= 0.6 is 0 Å². The molecule has 174 valence electrons. The molecule has 0 saturated carbocycles. The molecular weight excluding hydrogens is 455 g/mol. The fraction of sp³-hybridized carbons (Fsp3) is 0.0909. The van der Waals surface area contributed by atoms with Crippen LogP contribution in [0.25, 0.3) is 0 Å². The number of pyridine rings is 1. The van der Waals surface area contributed by atoms with Crippen molar-refractivity contribution in [3.8, 4) is 5.75 Å². The van der Waals surface area contributed by atoms with Crippen molar-refractivity contribution in [1.29, 1.82) is 0 Å². The molecule has 3 N–H and O–H groups in total. The number of benzene rings is 2. The highest BCUT2D eigenvalue weighted by atomic mass is 19.2. The van der Waals surface area contributed by atoms with Crippen molar-refractivity contribution in [3.05, 3.63) is 115 Å². The molecule has 0 aliphatic carbocycles. The van der Waals surface area contributed by atoms with Gasteiger partial charge < -0.3 is 15.4 Å². The van der Waals surface area contributed by atoms with Gasteiger partial charge in [0, 0.05) is 17.4 Å². The van der Waals surface area contributed by atoms with Crippen molar-refractivity contribution in [3.63, 3.8) is 0 Å². The van der Waals surface area contributed by atoms with Crippen LogP contribution < -0.4 is 22.3 Å². The van der Waals surface area contributed by atoms with E-state index < -0.39 is 47.5 Å². The van der Waals surface area contributed by atoms with E-state index in [0.29, 0.717) is 22.4 Å². The second-order valence-corrected chi connectivity index (χ2v) is 7.24. The lowest BCUT2D eigenvalue weighted by molar-refractivity contribution is 0.444. The molecule has 9 nitrogen and oxygen atoms in total. The fourth-order valence-corrected chi connectivity index (χ4v) is 3.21. The highest BCUT2D eigenvalue weighted by molar-refractivity contribution is 5.54. The molecule has 12 heteroatoms. The third-order valence-corrected chi connectivity index (χ3v) is 4.89. The zero-order valence-electron chi connectivity index (χ0n) is 17.3. The molecule has 0 bridgehead atoms. The van der Waals surface area contributed by atoms with Gasteiger partial charge in [-0.3, -0.25) is 9.36 Å². The van der Waals surface area contributed by atoms with Crippen molar-refractivity contribution < 1.29 is 18.3 Å². The zero-order chi connectivity index (χ0) is 24.4. The number of aromatic amines is 1. The zero-order valence-corrected chi connectivity index (χ0v) is 17.3. The third kappa shape index (κ3) is 4.60. The summed E-state index contributed by atoms with van der Waals surface area (Å²) in [6.07, 6.45) is 1.38. The number of anilines is 2. The Kier molecular flexibility index (Phi) is 6.04. The molecule has 0 spiro atoms. The van der Waals surface area contributed by atoms with Crippen molar-refractivity contribution in [2.45, 2.75) is 13.1 Å². The van der Waals surface area contributed by atoms with E-state index in [-0.39, 0.29) is 22.8 Å². The first-order valence-electron chi connectivity index (χ1n) is 9.80. The summed E-state index contributed by atoms with van der Waals surface area (Å²) in [7, 11) is 0. The molecule has 0 fully saturated rings. The lowest BCUT2D eigenvalue weighted by Gasteiger charge is -2.16. The van der Waals surface area contributed by atoms with Crippen molar-refractivity contribution in [1.82, 2.24) is 19.1 Å². The van der Waals surface area contributed by atoms with E-state index in [9.17, 15) is 32.7 Å². The Morgan fingerprint density at radius 3 is 2.26 bits per heavy atom. The number of H-pyrrole nitrogens is 1. The molecule has 0 atom stereocenters. The Labute approximate surface area is 188 Å². The summed E-state index contributed by atoms with van der Waals surface area (Å²) in [5.41, 5.74) is -2.11. The number of hydrogen-bond acceptors (Lipinski definition) is 6. The van der Waals surface area contributed by atoms with Gasteiger partial charge in [0.15, 0.2) is 17.5 Å². The van der Waals surface area contributed by atoms with Crippen LogP contribution in [0.4, 0.5) is 24.8 Å². The summed E-state index contributed by atoms with van der Waals surface area (Å²) in [4.78, 5) is 44.2. The van der Waals surface area contributed by atoms with Crippen LogP contribution in [0.1, 0.15) is 11.1 Å². The van der Waals surface area contributed by atoms with Crippen LogP contribution in [-0.4, -0.2) is 24.2 Å². The maximum atomic E-state index is 13.8. The second-order valence-electron chi connectivity index (χ2n) is 7.24. The Morgan fingerprint density at radius 2 is 1.62 bits per heavy atom. The molecule has 2 aromatic heterocycles. The molecule has 0 aliphatic rings. The summed E-state index contributed by atoms with van der Waals surface area (Å²) in [5.74, 6) is -4.87. The van der Waals surface area contributed by atoms with Gasteiger partial charge >= 0.3 is 11.4 Å². The van der Waals surface area contributed by atoms with E-state index in [0.717, 1.165) is 4.57 Å². The maximum absolute atomic E-state index is 13.8. The Bertz CT molecular complexity index is 1520. The number of hydrogen-bond donors (Lipinski definition) is 3. The van der Waals surface area contributed by atoms with Gasteiger partial charge in [-0.05, 0) is 48.0 Å². The van der Waals surface area contributed by atoms with Gasteiger partial charge in [-0.25, -0.2) is 27.3 Å². The fourth-order valence-electron chi connectivity index (χ4n) is 3.21. The predicted octanol–water partition coefficient (Wildman–Crippen LogP) is 2.06. The minimum Gasteiger partial charge on any atom is -0.508 e. The lowest BCUT2D eigenvalue weighted by atomic mass is 10.2. The largest absolute Gasteiger partial charge is 0.508 e. The standard InChI is InChI=1S/C22H16F3N5O4/c23-16-8-12(9-17(24)18(16)25)10-29-20(27-14-3-5-15(31)6-4-14)28-21(33)30(22(29)34)11-13-2-1-7-26-19(13)32/h1-9,31H,10-11H2,(H,26,32)(H,27,28,33). The average molecular weight is 471 g/mol. The van der Waals surface area contributed by atoms with Gasteiger partial charge in [0.1, 0.15) is 5.75 Å². The number of phenols is 1. The molecule has 0 radical (unpaired) electrons. The van der Waals surface area contributed by atoms with Crippen molar-refractivity contribution in [2.24, 2.45) is 0 Å². The lowest BCUT2D eigenvalue weighted by Crippen LogP contribution is -2.43. The van der Waals surface area contributed by atoms with E-state index in [1.165, 1.54) is 42.6 Å². The third-order valence-electron chi connectivity index (χ3n) is 4.89. The number of phenolic OH excluding ortho intramolecular Hbond substituents is 1. The Hall–Kier alpha value is -4.61. The van der Waals surface area contributed by atoms with Gasteiger partial charge in [-0.15, -0.1) is 0 Å². The van der Waals surface area contributed by atoms with Crippen LogP contribution in [0.2, 0.25) is 0 Å². The summed E-state index contributed by atoms with van der Waals surface area (Å²) < 4.78 is 42.5. The van der Waals surface area contributed by atoms with Crippen molar-refractivity contribution in [2.75, 3.05) is 5.32 Å². The molecule has 2 heterocycles. The van der Waals surface area contributed by atoms with Crippen LogP contribution in [0.3, 0.4) is 0 Å². The first-order chi connectivity index (χ1) is 16.2. The van der Waals surface area contributed by atoms with Crippen LogP contribution in [-0.2, 0) is 13.1 Å². The molecule has 0 unspecified atom stereocenters. The van der Waals surface area contributed by atoms with E-state index >= 15 is 0 Å². The van der Waals surface area contributed by atoms with E-state index in [4.69, 9.17) is 0 Å². The number of nitrogens with zero attached hydrogens (tertiary/aromatic N) is 3. The molecule has 0 aliphatic heterocycles. The van der Waals surface area contributed by atoms with Gasteiger partial charge in [0.25, 0.3) is 5.56 Å². The SMILES string of the molecule is O=c1[nH]cccc1Cn1c(=O)nc(Nc2ccc(O)cc2)n(Cc2cc(F)c(F)c(F)c2)c1=O. The number of halogens is 3. The normalized spacial score (nSPS) is 10.9. The van der Waals surface area contributed by atoms with E-state index in [1.54, 1.807) is 0 Å². The molecule has 0 amide bonds. The Morgan fingerprint density at radius 1 is 0.941 bits per heavy atom. The first kappa shape index (κ1) is 22.6. The smallest absolute Gasteiger partial charge is 0.355 e. The first-order valence-corrected chi connectivity index (χ1v) is 9.80. The van der Waals surface area contributed by atoms with Gasteiger partial charge in [0.05, 0.1) is 13.1 Å². The molecule has 4 aromatic rings. The van der Waals surface area contributed by atoms with Crippen LogP contribution in [0, 0.1) is 17.5 Å². The molecular formula is C22H16F3N5O4. The summed E-state index contributed by atoms with van der Waals surface area (Å²) >= 11 is 0. The van der Waals surface area contributed by atoms with Gasteiger partial charge in [0.2, 0.25) is 5.95 Å². The van der Waals surface area contributed by atoms with Gasteiger partial charge in [-0.2, -0.15) is 4.98 Å². The Balaban J connectivity index is 1.84. The van der Waals surface area contributed by atoms with E-state index in [2.05, 4.69) is 15.3 Å². The highest BCUT2D eigenvalue weighted by Crippen LogP contribution is 2.19. The number of nitrogens with one attached hydrogen (secondary N) is 2. The summed E-state index contributed by atoms with van der Waals surface area (Å²) in [5, 5.41) is 12.2. The monoisotopic (exact) mass is 471 g/mol. The van der Waals surface area contributed by atoms with Gasteiger partial charge in [-0.1, -0.05) is 6.07 Å². The van der Waals surface area contributed by atoms with Crippen LogP contribution in [0.5, 0.6) is 5.75 Å². The number of aromatic hydroxyl groups is 1. The van der Waals surface area contributed by atoms with E-state index in [1.807, 2.05) is 0 Å². The average Bonchev–Trinajstić information content (AvgIpc) is 2.80. The highest BCUT2D eigenvalue weighted by Gasteiger charge is 2.17. The quantitative estimate of drug-likeness (QED) is 0.292. The second kappa shape index (κ2) is 9.10. The summed E-state index contributed by atoms with van der Waals surface area (Å²) in [6, 6.07) is 9.94. The molecule has 34 heavy (non-hydrogen) atoms. The maximum Gasteiger partial charge on any atom is 0.355 e. The number of rotatable bonds is 6. The molecule has 0 saturated heterocycles. The van der Waals surface area contributed by atoms with Crippen molar-refractivity contribution >= 4 is 11.6 Å². The summed E-state index contributed by atoms with van der Waals surface area (Å²) in [6.45, 7) is -0.891. The topological polar surface area (TPSA) is 122 Å². The minimum atomic E-state index is -1.66.